The number of hydrogen-bond donors (Lipinski definition) is 2. The maximum absolute atomic E-state index is 13.0. The second-order valence-corrected chi connectivity index (χ2v) is 10.1. The molecule has 4 aromatic carbocycles. The SMILES string of the molecule is COc1cc(C2CC(c3cccc(S(=O)(=O)Nc4ccccc4)c3)=NN2c2ccccc2)ccc1O. The van der Waals surface area contributed by atoms with Crippen LogP contribution in [0.25, 0.3) is 0 Å². The number of sulfonamides is 1. The molecule has 0 saturated carbocycles. The predicted octanol–water partition coefficient (Wildman–Crippen LogP) is 5.56. The summed E-state index contributed by atoms with van der Waals surface area (Å²) in [5.41, 5.74) is 3.80. The highest BCUT2D eigenvalue weighted by Crippen LogP contribution is 2.39. The first-order chi connectivity index (χ1) is 17.4. The normalized spacial score (nSPS) is 15.4. The van der Waals surface area contributed by atoms with Crippen LogP contribution in [0.5, 0.6) is 11.5 Å². The van der Waals surface area contributed by atoms with Crippen molar-refractivity contribution in [3.8, 4) is 11.5 Å². The van der Waals surface area contributed by atoms with Crippen LogP contribution in [0.4, 0.5) is 11.4 Å². The van der Waals surface area contributed by atoms with Crippen molar-refractivity contribution in [1.29, 1.82) is 0 Å². The fourth-order valence-corrected chi connectivity index (χ4v) is 5.33. The Morgan fingerprint density at radius 3 is 2.36 bits per heavy atom. The monoisotopic (exact) mass is 499 g/mol. The van der Waals surface area contributed by atoms with E-state index in [0.717, 1.165) is 22.5 Å². The van der Waals surface area contributed by atoms with E-state index in [2.05, 4.69) is 4.72 Å². The third-order valence-electron chi connectivity index (χ3n) is 6.02. The molecule has 1 aliphatic heterocycles. The molecule has 1 atom stereocenters. The number of rotatable bonds is 7. The number of nitrogens with one attached hydrogen (secondary N) is 1. The minimum atomic E-state index is -3.77. The Balaban J connectivity index is 1.50. The van der Waals surface area contributed by atoms with Crippen LogP contribution in [0.15, 0.2) is 113 Å². The first-order valence-corrected chi connectivity index (χ1v) is 12.9. The van der Waals surface area contributed by atoms with E-state index in [1.807, 2.05) is 53.5 Å². The van der Waals surface area contributed by atoms with Gasteiger partial charge in [-0.15, -0.1) is 0 Å². The number of methoxy groups -OCH3 is 1. The molecule has 8 heteroatoms. The molecular weight excluding hydrogens is 474 g/mol. The Labute approximate surface area is 210 Å². The van der Waals surface area contributed by atoms with Crippen LogP contribution in [0, 0.1) is 0 Å². The molecule has 0 bridgehead atoms. The lowest BCUT2D eigenvalue weighted by Gasteiger charge is -2.24. The highest BCUT2D eigenvalue weighted by Gasteiger charge is 2.31. The van der Waals surface area contributed by atoms with Crippen molar-refractivity contribution in [3.05, 3.63) is 114 Å². The van der Waals surface area contributed by atoms with Gasteiger partial charge < -0.3 is 9.84 Å². The summed E-state index contributed by atoms with van der Waals surface area (Å²) in [4.78, 5) is 0.160. The van der Waals surface area contributed by atoms with Gasteiger partial charge in [-0.05, 0) is 59.7 Å². The quantitative estimate of drug-likeness (QED) is 0.348. The van der Waals surface area contributed by atoms with E-state index in [1.165, 1.54) is 7.11 Å². The molecule has 5 rings (SSSR count). The van der Waals surface area contributed by atoms with Crippen LogP contribution in [-0.4, -0.2) is 26.3 Å². The lowest BCUT2D eigenvalue weighted by molar-refractivity contribution is 0.372. The topological polar surface area (TPSA) is 91.2 Å². The molecule has 0 aromatic heterocycles. The van der Waals surface area contributed by atoms with Crippen molar-refractivity contribution >= 4 is 27.1 Å². The van der Waals surface area contributed by atoms with Crippen molar-refractivity contribution in [2.45, 2.75) is 17.4 Å². The van der Waals surface area contributed by atoms with E-state index in [9.17, 15) is 13.5 Å². The zero-order valence-electron chi connectivity index (χ0n) is 19.6. The molecule has 0 saturated heterocycles. The van der Waals surface area contributed by atoms with Crippen LogP contribution in [0.2, 0.25) is 0 Å². The Bertz CT molecular complexity index is 1510. The molecule has 0 radical (unpaired) electrons. The molecule has 0 fully saturated rings. The van der Waals surface area contributed by atoms with Crippen molar-refractivity contribution in [1.82, 2.24) is 0 Å². The number of para-hydroxylation sites is 2. The van der Waals surface area contributed by atoms with Gasteiger partial charge in [0.15, 0.2) is 11.5 Å². The number of aromatic hydroxyl groups is 1. The lowest BCUT2D eigenvalue weighted by atomic mass is 9.98. The molecule has 4 aromatic rings. The molecule has 0 aliphatic carbocycles. The maximum atomic E-state index is 13.0. The van der Waals surface area contributed by atoms with Gasteiger partial charge in [-0.1, -0.05) is 54.6 Å². The lowest BCUT2D eigenvalue weighted by Crippen LogP contribution is -2.18. The van der Waals surface area contributed by atoms with Gasteiger partial charge in [0.2, 0.25) is 0 Å². The third-order valence-corrected chi connectivity index (χ3v) is 7.40. The standard InChI is InChI=1S/C28H25N3O4S/c1-35-28-18-21(15-16-27(28)32)26-19-25(29-31(26)23-12-6-3-7-13-23)20-9-8-14-24(17-20)36(33,34)30-22-10-4-2-5-11-22/h2-18,26,30,32H,19H2,1H3. The molecule has 7 nitrogen and oxygen atoms in total. The fraction of sp³-hybridized carbons (Fsp3) is 0.107. The van der Waals surface area contributed by atoms with Gasteiger partial charge in [-0.25, -0.2) is 8.42 Å². The van der Waals surface area contributed by atoms with E-state index < -0.39 is 10.0 Å². The van der Waals surface area contributed by atoms with E-state index in [0.29, 0.717) is 17.9 Å². The van der Waals surface area contributed by atoms with Gasteiger partial charge in [0, 0.05) is 12.1 Å². The Kier molecular flexibility index (Phi) is 6.35. The Morgan fingerprint density at radius 1 is 0.917 bits per heavy atom. The molecule has 1 aliphatic rings. The number of phenolic OH excluding ortho intramolecular Hbond substituents is 1. The first kappa shape index (κ1) is 23.4. The third kappa shape index (κ3) is 4.76. The summed E-state index contributed by atoms with van der Waals surface area (Å²) in [7, 11) is -2.26. The summed E-state index contributed by atoms with van der Waals surface area (Å²) in [6.45, 7) is 0. The van der Waals surface area contributed by atoms with Gasteiger partial charge in [0.05, 0.1) is 29.4 Å². The average Bonchev–Trinajstić information content (AvgIpc) is 3.36. The zero-order chi connectivity index (χ0) is 25.1. The second-order valence-electron chi connectivity index (χ2n) is 8.38. The molecule has 182 valence electrons. The zero-order valence-corrected chi connectivity index (χ0v) is 20.4. The number of benzene rings is 4. The van der Waals surface area contributed by atoms with Gasteiger partial charge in [-0.2, -0.15) is 5.10 Å². The molecule has 2 N–H and O–H groups in total. The van der Waals surface area contributed by atoms with E-state index >= 15 is 0 Å². The summed E-state index contributed by atoms with van der Waals surface area (Å²) in [5.74, 6) is 0.449. The maximum Gasteiger partial charge on any atom is 0.261 e. The number of phenols is 1. The van der Waals surface area contributed by atoms with Gasteiger partial charge in [-0.3, -0.25) is 9.73 Å². The van der Waals surface area contributed by atoms with Crippen LogP contribution in [0.1, 0.15) is 23.6 Å². The highest BCUT2D eigenvalue weighted by molar-refractivity contribution is 7.92. The van der Waals surface area contributed by atoms with Crippen LogP contribution in [-0.2, 0) is 10.0 Å². The summed E-state index contributed by atoms with van der Waals surface area (Å²) in [5, 5.41) is 16.9. The summed E-state index contributed by atoms with van der Waals surface area (Å²) < 4.78 is 34.0. The van der Waals surface area contributed by atoms with Crippen LogP contribution < -0.4 is 14.5 Å². The minimum absolute atomic E-state index is 0.0653. The number of nitrogens with zero attached hydrogens (tertiary/aromatic N) is 2. The summed E-state index contributed by atoms with van der Waals surface area (Å²) >= 11 is 0. The molecular formula is C28H25N3O4S. The summed E-state index contributed by atoms with van der Waals surface area (Å²) in [6.07, 6.45) is 0.540. The minimum Gasteiger partial charge on any atom is -0.504 e. The molecule has 36 heavy (non-hydrogen) atoms. The first-order valence-electron chi connectivity index (χ1n) is 11.4. The van der Waals surface area contributed by atoms with Crippen LogP contribution in [0.3, 0.4) is 0 Å². The number of hydrazone groups is 1. The smallest absolute Gasteiger partial charge is 0.261 e. The number of anilines is 2. The van der Waals surface area contributed by atoms with Crippen LogP contribution >= 0.6 is 0 Å². The molecule has 1 heterocycles. The Hall–Kier alpha value is -4.30. The van der Waals surface area contributed by atoms with Gasteiger partial charge in [0.25, 0.3) is 10.0 Å². The van der Waals surface area contributed by atoms with Gasteiger partial charge in [0.1, 0.15) is 0 Å². The average molecular weight is 500 g/mol. The van der Waals surface area contributed by atoms with Crippen molar-refractivity contribution in [3.63, 3.8) is 0 Å². The van der Waals surface area contributed by atoms with Crippen molar-refractivity contribution in [2.24, 2.45) is 5.10 Å². The largest absolute Gasteiger partial charge is 0.504 e. The fourth-order valence-electron chi connectivity index (χ4n) is 4.23. The van der Waals surface area contributed by atoms with Crippen molar-refractivity contribution < 1.29 is 18.3 Å². The second kappa shape index (κ2) is 9.75. The molecule has 1 unspecified atom stereocenters. The number of hydrogen-bond acceptors (Lipinski definition) is 6. The van der Waals surface area contributed by atoms with Gasteiger partial charge >= 0.3 is 0 Å². The number of ether oxygens (including phenoxy) is 1. The van der Waals surface area contributed by atoms with E-state index in [4.69, 9.17) is 9.84 Å². The van der Waals surface area contributed by atoms with E-state index in [-0.39, 0.29) is 16.7 Å². The van der Waals surface area contributed by atoms with E-state index in [1.54, 1.807) is 54.6 Å². The molecule has 0 spiro atoms. The Morgan fingerprint density at radius 2 is 1.64 bits per heavy atom. The predicted molar refractivity (Wildman–Crippen MR) is 141 cm³/mol. The highest BCUT2D eigenvalue weighted by atomic mass is 32.2. The summed E-state index contributed by atoms with van der Waals surface area (Å²) in [6, 6.07) is 30.5. The molecule has 0 amide bonds. The van der Waals surface area contributed by atoms with Crippen molar-refractivity contribution in [2.75, 3.05) is 16.8 Å².